The van der Waals surface area contributed by atoms with Crippen LogP contribution in [-0.2, 0) is 20.8 Å². The molecule has 0 aromatic heterocycles. The highest BCUT2D eigenvalue weighted by molar-refractivity contribution is 5.96. The van der Waals surface area contributed by atoms with Gasteiger partial charge >= 0.3 is 5.97 Å². The molecule has 0 radical (unpaired) electrons. The van der Waals surface area contributed by atoms with Crippen molar-refractivity contribution in [1.82, 2.24) is 0 Å². The molecule has 5 nitrogen and oxygen atoms in total. The number of rotatable bonds is 10. The van der Waals surface area contributed by atoms with Gasteiger partial charge in [-0.2, -0.15) is 0 Å². The van der Waals surface area contributed by atoms with Gasteiger partial charge in [-0.05, 0) is 72.9 Å². The zero-order chi connectivity index (χ0) is 26.2. The van der Waals surface area contributed by atoms with Crippen molar-refractivity contribution in [3.8, 4) is 16.9 Å². The zero-order valence-corrected chi connectivity index (χ0v) is 21.7. The van der Waals surface area contributed by atoms with E-state index in [4.69, 9.17) is 14.2 Å². The number of unbranched alkanes of at least 4 members (excludes halogenated alkanes) is 1. The molecule has 0 saturated carbocycles. The standard InChI is InChI=1S/C31H34FNO4/c1-4-5-18-36-22(2)37-28-13-10-23(11-14-28)24-12-15-30-27(19-24)20-25(31(34)35-3)16-17-33(30)21-26-8-6-7-9-29(26)32/h6-15,19-20,22H,4-5,16-18,21H2,1-3H3. The van der Waals surface area contributed by atoms with Crippen LogP contribution in [0.3, 0.4) is 0 Å². The average Bonchev–Trinajstić information content (AvgIpc) is 3.09. The van der Waals surface area contributed by atoms with Crippen LogP contribution >= 0.6 is 0 Å². The van der Waals surface area contributed by atoms with E-state index in [0.717, 1.165) is 41.0 Å². The summed E-state index contributed by atoms with van der Waals surface area (Å²) < 4.78 is 31.0. The highest BCUT2D eigenvalue weighted by atomic mass is 19.1. The van der Waals surface area contributed by atoms with E-state index in [1.807, 2.05) is 49.4 Å². The summed E-state index contributed by atoms with van der Waals surface area (Å²) in [6, 6.07) is 20.8. The fourth-order valence-corrected chi connectivity index (χ4v) is 4.41. The van der Waals surface area contributed by atoms with E-state index in [2.05, 4.69) is 24.0 Å². The fraction of sp³-hybridized carbons (Fsp3) is 0.323. The average molecular weight is 504 g/mol. The topological polar surface area (TPSA) is 48.0 Å². The Morgan fingerprint density at radius 3 is 2.54 bits per heavy atom. The molecule has 3 aromatic carbocycles. The van der Waals surface area contributed by atoms with Gasteiger partial charge in [0.15, 0.2) is 6.29 Å². The van der Waals surface area contributed by atoms with Crippen molar-refractivity contribution in [2.45, 2.75) is 45.9 Å². The first-order chi connectivity index (χ1) is 18.0. The Labute approximate surface area is 218 Å². The molecule has 0 amide bonds. The predicted molar refractivity (Wildman–Crippen MR) is 145 cm³/mol. The number of methoxy groups -OCH3 is 1. The Hall–Kier alpha value is -3.64. The summed E-state index contributed by atoms with van der Waals surface area (Å²) in [7, 11) is 1.39. The number of esters is 1. The van der Waals surface area contributed by atoms with E-state index < -0.39 is 0 Å². The molecule has 0 aliphatic carbocycles. The third kappa shape index (κ3) is 6.77. The number of carbonyl (C=O) groups is 1. The third-order valence-electron chi connectivity index (χ3n) is 6.46. The molecular formula is C31H34FNO4. The van der Waals surface area contributed by atoms with Crippen molar-refractivity contribution in [3.05, 3.63) is 89.2 Å². The van der Waals surface area contributed by atoms with Crippen molar-refractivity contribution >= 4 is 17.7 Å². The van der Waals surface area contributed by atoms with Gasteiger partial charge in [-0.25, -0.2) is 9.18 Å². The molecule has 1 heterocycles. The molecule has 1 aliphatic heterocycles. The second-order valence-corrected chi connectivity index (χ2v) is 9.13. The number of hydrogen-bond acceptors (Lipinski definition) is 5. The van der Waals surface area contributed by atoms with Gasteiger partial charge < -0.3 is 19.1 Å². The first-order valence-electron chi connectivity index (χ1n) is 12.8. The summed E-state index contributed by atoms with van der Waals surface area (Å²) in [6.07, 6.45) is 4.18. The van der Waals surface area contributed by atoms with Crippen molar-refractivity contribution in [1.29, 1.82) is 0 Å². The Bertz CT molecular complexity index is 1240. The number of fused-ring (bicyclic) bond motifs is 1. The summed E-state index contributed by atoms with van der Waals surface area (Å²) in [6.45, 7) is 5.69. The number of anilines is 1. The molecule has 1 aliphatic rings. The Kier molecular flexibility index (Phi) is 8.96. The van der Waals surface area contributed by atoms with E-state index in [0.29, 0.717) is 37.3 Å². The summed E-state index contributed by atoms with van der Waals surface area (Å²) in [4.78, 5) is 14.5. The molecule has 6 heteroatoms. The maximum absolute atomic E-state index is 14.4. The largest absolute Gasteiger partial charge is 0.466 e. The monoisotopic (exact) mass is 503 g/mol. The van der Waals surface area contributed by atoms with E-state index in [1.165, 1.54) is 13.2 Å². The molecule has 0 bridgehead atoms. The molecule has 3 aromatic rings. The summed E-state index contributed by atoms with van der Waals surface area (Å²) >= 11 is 0. The van der Waals surface area contributed by atoms with Crippen molar-refractivity contribution in [2.75, 3.05) is 25.2 Å². The van der Waals surface area contributed by atoms with Crippen LogP contribution in [0.15, 0.2) is 72.3 Å². The first kappa shape index (κ1) is 26.4. The zero-order valence-electron chi connectivity index (χ0n) is 21.7. The predicted octanol–water partition coefficient (Wildman–Crippen LogP) is 7.00. The lowest BCUT2D eigenvalue weighted by Crippen LogP contribution is -2.25. The Morgan fingerprint density at radius 1 is 1.05 bits per heavy atom. The van der Waals surface area contributed by atoms with Gasteiger partial charge in [-0.1, -0.05) is 49.7 Å². The number of nitrogens with zero attached hydrogens (tertiary/aromatic N) is 1. The number of ether oxygens (including phenoxy) is 3. The molecule has 1 atom stereocenters. The lowest BCUT2D eigenvalue weighted by Gasteiger charge is -2.26. The van der Waals surface area contributed by atoms with Crippen molar-refractivity contribution in [2.24, 2.45) is 0 Å². The van der Waals surface area contributed by atoms with Crippen LogP contribution in [0.5, 0.6) is 5.75 Å². The van der Waals surface area contributed by atoms with E-state index >= 15 is 0 Å². The normalized spacial score (nSPS) is 13.8. The molecule has 0 fully saturated rings. The highest BCUT2D eigenvalue weighted by Crippen LogP contribution is 2.34. The maximum Gasteiger partial charge on any atom is 0.333 e. The quantitative estimate of drug-likeness (QED) is 0.169. The van der Waals surface area contributed by atoms with Crippen LogP contribution < -0.4 is 9.64 Å². The second-order valence-electron chi connectivity index (χ2n) is 9.13. The summed E-state index contributed by atoms with van der Waals surface area (Å²) in [5.41, 5.74) is 5.08. The maximum atomic E-state index is 14.4. The summed E-state index contributed by atoms with van der Waals surface area (Å²) in [5.74, 6) is 0.158. The first-order valence-corrected chi connectivity index (χ1v) is 12.8. The van der Waals surface area contributed by atoms with E-state index in [1.54, 1.807) is 12.1 Å². The van der Waals surface area contributed by atoms with Crippen LogP contribution in [0.2, 0.25) is 0 Å². The smallest absolute Gasteiger partial charge is 0.333 e. The van der Waals surface area contributed by atoms with Gasteiger partial charge in [0.1, 0.15) is 11.6 Å². The number of halogens is 1. The molecule has 0 N–H and O–H groups in total. The van der Waals surface area contributed by atoms with Gasteiger partial charge in [-0.15, -0.1) is 0 Å². The molecular weight excluding hydrogens is 469 g/mol. The van der Waals surface area contributed by atoms with Crippen molar-refractivity contribution < 1.29 is 23.4 Å². The summed E-state index contributed by atoms with van der Waals surface area (Å²) in [5, 5.41) is 0. The Morgan fingerprint density at radius 2 is 1.81 bits per heavy atom. The molecule has 194 valence electrons. The van der Waals surface area contributed by atoms with Gasteiger partial charge in [0.05, 0.1) is 13.7 Å². The van der Waals surface area contributed by atoms with Gasteiger partial charge in [-0.3, -0.25) is 0 Å². The molecule has 0 saturated heterocycles. The van der Waals surface area contributed by atoms with Gasteiger partial charge in [0, 0.05) is 29.9 Å². The van der Waals surface area contributed by atoms with E-state index in [9.17, 15) is 9.18 Å². The number of hydrogen-bond donors (Lipinski definition) is 0. The molecule has 0 spiro atoms. The van der Waals surface area contributed by atoms with Crippen LogP contribution in [0.4, 0.5) is 10.1 Å². The SMILES string of the molecule is CCCCOC(C)Oc1ccc(-c2ccc3c(c2)C=C(C(=O)OC)CCN3Cc2ccccc2F)cc1. The van der Waals surface area contributed by atoms with Crippen molar-refractivity contribution in [3.63, 3.8) is 0 Å². The Balaban J connectivity index is 1.59. The highest BCUT2D eigenvalue weighted by Gasteiger charge is 2.21. The third-order valence-corrected chi connectivity index (χ3v) is 6.46. The second kappa shape index (κ2) is 12.5. The van der Waals surface area contributed by atoms with Crippen LogP contribution in [0.1, 0.15) is 44.2 Å². The minimum atomic E-state index is -0.346. The minimum Gasteiger partial charge on any atom is -0.466 e. The van der Waals surface area contributed by atoms with Gasteiger partial charge in [0.2, 0.25) is 0 Å². The van der Waals surface area contributed by atoms with Crippen LogP contribution in [0, 0.1) is 5.82 Å². The van der Waals surface area contributed by atoms with Crippen LogP contribution in [0.25, 0.3) is 17.2 Å². The van der Waals surface area contributed by atoms with E-state index in [-0.39, 0.29) is 18.1 Å². The fourth-order valence-electron chi connectivity index (χ4n) is 4.41. The van der Waals surface area contributed by atoms with Gasteiger partial charge in [0.25, 0.3) is 0 Å². The molecule has 4 rings (SSSR count). The lowest BCUT2D eigenvalue weighted by molar-refractivity contribution is -0.136. The lowest BCUT2D eigenvalue weighted by atomic mass is 10.00. The van der Waals surface area contributed by atoms with Crippen LogP contribution in [-0.4, -0.2) is 32.5 Å². The molecule has 1 unspecified atom stereocenters. The number of carbonyl (C=O) groups excluding carboxylic acids is 1. The number of benzene rings is 3. The minimum absolute atomic E-state index is 0.238. The molecule has 37 heavy (non-hydrogen) atoms.